The number of hydrogen-bond donors (Lipinski definition) is 2. The van der Waals surface area contributed by atoms with E-state index in [2.05, 4.69) is 21.2 Å². The third kappa shape index (κ3) is 3.50. The number of carbonyl (C=O) groups excluding carboxylic acids is 1. The average molecular weight is 362 g/mol. The Hall–Kier alpha value is -1.12. The first-order chi connectivity index (χ1) is 9.30. The van der Waals surface area contributed by atoms with Gasteiger partial charge in [0.2, 0.25) is 15.9 Å². The third-order valence-corrected chi connectivity index (χ3v) is 5.34. The number of anilines is 1. The van der Waals surface area contributed by atoms with Crippen molar-refractivity contribution in [1.82, 2.24) is 9.62 Å². The van der Waals surface area contributed by atoms with Crippen molar-refractivity contribution in [2.24, 2.45) is 0 Å². The second-order valence-corrected chi connectivity index (χ2v) is 7.71. The number of benzene rings is 1. The van der Waals surface area contributed by atoms with Crippen molar-refractivity contribution >= 4 is 37.5 Å². The van der Waals surface area contributed by atoms with Gasteiger partial charge in [-0.05, 0) is 31.0 Å². The molecule has 0 unspecified atom stereocenters. The topological polar surface area (TPSA) is 92.5 Å². The number of nitrogen functional groups attached to an aromatic ring is 1. The van der Waals surface area contributed by atoms with Gasteiger partial charge in [-0.3, -0.25) is 4.79 Å². The van der Waals surface area contributed by atoms with Crippen molar-refractivity contribution in [2.45, 2.75) is 23.8 Å². The molecule has 1 fully saturated rings. The summed E-state index contributed by atoms with van der Waals surface area (Å²) in [6, 6.07) is 4.74. The number of likely N-dealkylation sites (N-methyl/N-ethyl adjacent to an activating group) is 1. The Bertz CT molecular complexity index is 629. The van der Waals surface area contributed by atoms with Crippen LogP contribution >= 0.6 is 15.9 Å². The summed E-state index contributed by atoms with van der Waals surface area (Å²) in [7, 11) is -2.41. The summed E-state index contributed by atoms with van der Waals surface area (Å²) in [5.74, 6) is -0.297. The number of sulfonamides is 1. The Kier molecular flexibility index (Phi) is 4.36. The summed E-state index contributed by atoms with van der Waals surface area (Å²) in [5, 5.41) is 2.75. The highest BCUT2D eigenvalue weighted by Gasteiger charge is 2.28. The first-order valence-electron chi connectivity index (χ1n) is 6.11. The number of nitrogens with one attached hydrogen (secondary N) is 1. The molecule has 1 aromatic rings. The van der Waals surface area contributed by atoms with Crippen LogP contribution in [0.2, 0.25) is 0 Å². The SMILES string of the molecule is CN(CC(=O)NC1CC1)S(=O)(=O)c1ccc(Br)cc1N. The molecule has 0 bridgehead atoms. The van der Waals surface area contributed by atoms with Gasteiger partial charge in [-0.2, -0.15) is 4.31 Å². The predicted molar refractivity (Wildman–Crippen MR) is 79.5 cm³/mol. The van der Waals surface area contributed by atoms with Gasteiger partial charge in [0.25, 0.3) is 0 Å². The van der Waals surface area contributed by atoms with E-state index in [1.54, 1.807) is 6.07 Å². The molecule has 0 aromatic heterocycles. The van der Waals surface area contributed by atoms with Crippen LogP contribution in [0, 0.1) is 0 Å². The van der Waals surface area contributed by atoms with Gasteiger partial charge in [0.05, 0.1) is 12.2 Å². The Labute approximate surface area is 126 Å². The fraction of sp³-hybridized carbons (Fsp3) is 0.417. The molecule has 0 heterocycles. The van der Waals surface area contributed by atoms with E-state index in [4.69, 9.17) is 5.73 Å². The van der Waals surface area contributed by atoms with Crippen molar-refractivity contribution in [3.8, 4) is 0 Å². The smallest absolute Gasteiger partial charge is 0.245 e. The van der Waals surface area contributed by atoms with Crippen LogP contribution in [-0.4, -0.2) is 38.3 Å². The maximum Gasteiger partial charge on any atom is 0.245 e. The maximum absolute atomic E-state index is 12.4. The minimum atomic E-state index is -3.77. The summed E-state index contributed by atoms with van der Waals surface area (Å²) in [6.07, 6.45) is 1.92. The molecule has 0 aliphatic heterocycles. The van der Waals surface area contributed by atoms with Crippen molar-refractivity contribution in [2.75, 3.05) is 19.3 Å². The molecular weight excluding hydrogens is 346 g/mol. The molecule has 1 amide bonds. The molecule has 8 heteroatoms. The van der Waals surface area contributed by atoms with Crippen LogP contribution in [0.3, 0.4) is 0 Å². The van der Waals surface area contributed by atoms with E-state index in [-0.39, 0.29) is 29.1 Å². The summed E-state index contributed by atoms with van der Waals surface area (Å²) >= 11 is 3.22. The highest BCUT2D eigenvalue weighted by Crippen LogP contribution is 2.25. The largest absolute Gasteiger partial charge is 0.398 e. The number of rotatable bonds is 5. The minimum Gasteiger partial charge on any atom is -0.398 e. The van der Waals surface area contributed by atoms with Gasteiger partial charge >= 0.3 is 0 Å². The van der Waals surface area contributed by atoms with E-state index in [0.29, 0.717) is 4.47 Å². The normalized spacial score (nSPS) is 15.3. The lowest BCUT2D eigenvalue weighted by Gasteiger charge is -2.18. The summed E-state index contributed by atoms with van der Waals surface area (Å²) in [6.45, 7) is -0.214. The van der Waals surface area contributed by atoms with Crippen LogP contribution in [0.25, 0.3) is 0 Å². The first-order valence-corrected chi connectivity index (χ1v) is 8.35. The molecule has 0 saturated heterocycles. The van der Waals surface area contributed by atoms with E-state index >= 15 is 0 Å². The fourth-order valence-corrected chi connectivity index (χ4v) is 3.31. The molecule has 6 nitrogen and oxygen atoms in total. The van der Waals surface area contributed by atoms with Crippen LogP contribution < -0.4 is 11.1 Å². The molecule has 0 spiro atoms. The number of carbonyl (C=O) groups is 1. The van der Waals surface area contributed by atoms with Crippen molar-refractivity contribution in [3.05, 3.63) is 22.7 Å². The Balaban J connectivity index is 2.13. The third-order valence-electron chi connectivity index (χ3n) is 2.97. The number of nitrogens with two attached hydrogens (primary N) is 1. The van der Waals surface area contributed by atoms with Crippen LogP contribution in [0.1, 0.15) is 12.8 Å². The molecule has 1 aliphatic carbocycles. The van der Waals surface area contributed by atoms with E-state index in [1.807, 2.05) is 0 Å². The summed E-state index contributed by atoms with van der Waals surface area (Å²) in [5.41, 5.74) is 5.88. The second-order valence-electron chi connectivity index (χ2n) is 4.79. The summed E-state index contributed by atoms with van der Waals surface area (Å²) < 4.78 is 26.4. The first kappa shape index (κ1) is 15.3. The van der Waals surface area contributed by atoms with Crippen molar-refractivity contribution in [1.29, 1.82) is 0 Å². The quantitative estimate of drug-likeness (QED) is 0.763. The molecule has 0 radical (unpaired) electrons. The zero-order valence-electron chi connectivity index (χ0n) is 11.0. The van der Waals surface area contributed by atoms with Crippen LogP contribution in [0.15, 0.2) is 27.6 Å². The minimum absolute atomic E-state index is 0.00224. The fourth-order valence-electron chi connectivity index (χ4n) is 1.71. The van der Waals surface area contributed by atoms with Crippen molar-refractivity contribution < 1.29 is 13.2 Å². The highest BCUT2D eigenvalue weighted by molar-refractivity contribution is 9.10. The average Bonchev–Trinajstić information content (AvgIpc) is 3.11. The molecular formula is C12H16BrN3O3S. The standard InChI is InChI=1S/C12H16BrN3O3S/c1-16(7-12(17)15-9-3-4-9)20(18,19)11-5-2-8(13)6-10(11)14/h2,5-6,9H,3-4,7,14H2,1H3,(H,15,17). The van der Waals surface area contributed by atoms with Crippen molar-refractivity contribution in [3.63, 3.8) is 0 Å². The maximum atomic E-state index is 12.4. The number of halogens is 1. The van der Waals surface area contributed by atoms with Gasteiger partial charge in [-0.15, -0.1) is 0 Å². The van der Waals surface area contributed by atoms with Crippen LogP contribution in [0.4, 0.5) is 5.69 Å². The van der Waals surface area contributed by atoms with E-state index in [0.717, 1.165) is 17.1 Å². The van der Waals surface area contributed by atoms with Gasteiger partial charge in [0, 0.05) is 17.6 Å². The number of nitrogens with zero attached hydrogens (tertiary/aromatic N) is 1. The number of amides is 1. The molecule has 20 heavy (non-hydrogen) atoms. The zero-order chi connectivity index (χ0) is 14.9. The summed E-state index contributed by atoms with van der Waals surface area (Å²) in [4.78, 5) is 11.7. The van der Waals surface area contributed by atoms with Crippen LogP contribution in [0.5, 0.6) is 0 Å². The highest BCUT2D eigenvalue weighted by atomic mass is 79.9. The molecule has 3 N–H and O–H groups in total. The number of hydrogen-bond acceptors (Lipinski definition) is 4. The molecule has 1 saturated carbocycles. The van der Waals surface area contributed by atoms with Crippen LogP contribution in [-0.2, 0) is 14.8 Å². The molecule has 2 rings (SSSR count). The molecule has 1 aliphatic rings. The van der Waals surface area contributed by atoms with Gasteiger partial charge in [0.15, 0.2) is 0 Å². The molecule has 0 atom stereocenters. The second kappa shape index (κ2) is 5.71. The predicted octanol–water partition coefficient (Wildman–Crippen LogP) is 0.930. The van der Waals surface area contributed by atoms with Gasteiger partial charge in [0.1, 0.15) is 4.90 Å². The van der Waals surface area contributed by atoms with E-state index in [9.17, 15) is 13.2 Å². The lowest BCUT2D eigenvalue weighted by atomic mass is 10.3. The van der Waals surface area contributed by atoms with E-state index in [1.165, 1.54) is 19.2 Å². The van der Waals surface area contributed by atoms with Gasteiger partial charge in [-0.1, -0.05) is 15.9 Å². The Morgan fingerprint density at radius 1 is 1.50 bits per heavy atom. The lowest BCUT2D eigenvalue weighted by Crippen LogP contribution is -2.39. The Morgan fingerprint density at radius 2 is 2.15 bits per heavy atom. The molecule has 1 aromatic carbocycles. The zero-order valence-corrected chi connectivity index (χ0v) is 13.4. The van der Waals surface area contributed by atoms with Gasteiger partial charge in [-0.25, -0.2) is 8.42 Å². The lowest BCUT2D eigenvalue weighted by molar-refractivity contribution is -0.121. The van der Waals surface area contributed by atoms with Gasteiger partial charge < -0.3 is 11.1 Å². The Morgan fingerprint density at radius 3 is 2.70 bits per heavy atom. The van der Waals surface area contributed by atoms with E-state index < -0.39 is 10.0 Å². The molecule has 110 valence electrons. The monoisotopic (exact) mass is 361 g/mol.